The molecule has 1 fully saturated rings. The first kappa shape index (κ1) is 14.9. The lowest BCUT2D eigenvalue weighted by atomic mass is 9.92. The largest absolute Gasteiger partial charge is 0.416 e. The van der Waals surface area contributed by atoms with Crippen molar-refractivity contribution in [2.75, 3.05) is 10.7 Å². The second-order valence-corrected chi connectivity index (χ2v) is 4.87. The molecular formula is C12H17F3N4O. The van der Waals surface area contributed by atoms with Crippen molar-refractivity contribution in [2.45, 2.75) is 44.0 Å². The predicted molar refractivity (Wildman–Crippen MR) is 68.9 cm³/mol. The fourth-order valence-corrected chi connectivity index (χ4v) is 2.31. The van der Waals surface area contributed by atoms with Crippen LogP contribution in [0.25, 0.3) is 0 Å². The minimum atomic E-state index is -4.48. The number of aliphatic hydroxyl groups is 1. The maximum Gasteiger partial charge on any atom is 0.416 e. The van der Waals surface area contributed by atoms with Crippen molar-refractivity contribution in [3.05, 3.63) is 17.7 Å². The normalized spacial score (nSPS) is 23.4. The van der Waals surface area contributed by atoms with E-state index < -0.39 is 17.8 Å². The Balaban J connectivity index is 2.22. The van der Waals surface area contributed by atoms with E-state index in [1.165, 1.54) is 0 Å². The summed E-state index contributed by atoms with van der Waals surface area (Å²) in [5, 5.41) is 12.7. The van der Waals surface area contributed by atoms with Crippen LogP contribution >= 0.6 is 0 Å². The van der Waals surface area contributed by atoms with Gasteiger partial charge in [0.1, 0.15) is 11.6 Å². The molecule has 0 radical (unpaired) electrons. The lowest BCUT2D eigenvalue weighted by molar-refractivity contribution is -0.137. The summed E-state index contributed by atoms with van der Waals surface area (Å²) in [7, 11) is 0. The average molecular weight is 290 g/mol. The summed E-state index contributed by atoms with van der Waals surface area (Å²) in [4.78, 5) is 3.94. The van der Waals surface area contributed by atoms with E-state index in [1.54, 1.807) is 0 Å². The second-order valence-electron chi connectivity index (χ2n) is 4.87. The van der Waals surface area contributed by atoms with Gasteiger partial charge in [0, 0.05) is 0 Å². The topological polar surface area (TPSA) is 83.2 Å². The van der Waals surface area contributed by atoms with Crippen LogP contribution in [0.3, 0.4) is 0 Å². The summed E-state index contributed by atoms with van der Waals surface area (Å²) in [6.45, 7) is 0. The van der Waals surface area contributed by atoms with Gasteiger partial charge in [-0.25, -0.2) is 10.8 Å². The Labute approximate surface area is 114 Å². The Morgan fingerprint density at radius 1 is 1.20 bits per heavy atom. The molecule has 8 heteroatoms. The van der Waals surface area contributed by atoms with E-state index in [4.69, 9.17) is 5.84 Å². The molecule has 1 aromatic heterocycles. The van der Waals surface area contributed by atoms with E-state index in [2.05, 4.69) is 15.7 Å². The Morgan fingerprint density at radius 3 is 2.45 bits per heavy atom. The molecule has 1 heterocycles. The number of aliphatic hydroxyl groups excluding tert-OH is 1. The van der Waals surface area contributed by atoms with Gasteiger partial charge < -0.3 is 15.8 Å². The lowest BCUT2D eigenvalue weighted by Gasteiger charge is -2.29. The molecule has 20 heavy (non-hydrogen) atoms. The van der Waals surface area contributed by atoms with Gasteiger partial charge in [0.2, 0.25) is 0 Å². The molecular weight excluding hydrogens is 273 g/mol. The van der Waals surface area contributed by atoms with Gasteiger partial charge in [0.05, 0.1) is 17.7 Å². The van der Waals surface area contributed by atoms with Gasteiger partial charge in [-0.1, -0.05) is 12.8 Å². The standard InChI is InChI=1S/C12H17F3N4O/c13-12(14,15)7-5-10(18-11(6-7)19-16)17-8-3-1-2-4-9(8)20/h5-6,8-9,20H,1-4,16H2,(H2,17,18,19). The third-order valence-electron chi connectivity index (χ3n) is 3.36. The summed E-state index contributed by atoms with van der Waals surface area (Å²) in [6, 6.07) is 1.47. The number of nitrogens with one attached hydrogen (secondary N) is 2. The molecule has 2 rings (SSSR count). The van der Waals surface area contributed by atoms with Crippen LogP contribution in [0.5, 0.6) is 0 Å². The molecule has 0 spiro atoms. The summed E-state index contributed by atoms with van der Waals surface area (Å²) in [6.07, 6.45) is -1.87. The number of rotatable bonds is 3. The molecule has 2 atom stereocenters. The number of nitrogens with zero attached hydrogens (tertiary/aromatic N) is 1. The smallest absolute Gasteiger partial charge is 0.391 e. The molecule has 0 aliphatic heterocycles. The van der Waals surface area contributed by atoms with Gasteiger partial charge in [-0.05, 0) is 25.0 Å². The number of hydrogen-bond acceptors (Lipinski definition) is 5. The van der Waals surface area contributed by atoms with Crippen LogP contribution in [0, 0.1) is 0 Å². The van der Waals surface area contributed by atoms with Gasteiger partial charge in [0.15, 0.2) is 0 Å². The van der Waals surface area contributed by atoms with Gasteiger partial charge >= 0.3 is 6.18 Å². The number of halogens is 3. The van der Waals surface area contributed by atoms with E-state index in [1.807, 2.05) is 0 Å². The molecule has 1 saturated carbocycles. The minimum absolute atomic E-state index is 0.0544. The monoisotopic (exact) mass is 290 g/mol. The van der Waals surface area contributed by atoms with E-state index in [0.29, 0.717) is 12.8 Å². The summed E-state index contributed by atoms with van der Waals surface area (Å²) >= 11 is 0. The van der Waals surface area contributed by atoms with Crippen molar-refractivity contribution in [3.8, 4) is 0 Å². The third kappa shape index (κ3) is 3.51. The first-order chi connectivity index (χ1) is 9.40. The molecule has 5 N–H and O–H groups in total. The highest BCUT2D eigenvalue weighted by Crippen LogP contribution is 2.32. The van der Waals surface area contributed by atoms with Gasteiger partial charge in [-0.3, -0.25) is 0 Å². The number of hydrogen-bond donors (Lipinski definition) is 4. The summed E-state index contributed by atoms with van der Waals surface area (Å²) in [5.41, 5.74) is 1.28. The summed E-state index contributed by atoms with van der Waals surface area (Å²) < 4.78 is 38.3. The van der Waals surface area contributed by atoms with E-state index in [9.17, 15) is 18.3 Å². The average Bonchev–Trinajstić information content (AvgIpc) is 2.40. The Hall–Kier alpha value is -1.54. The molecule has 0 saturated heterocycles. The van der Waals surface area contributed by atoms with Gasteiger partial charge in [-0.2, -0.15) is 13.2 Å². The van der Waals surface area contributed by atoms with Crippen LogP contribution in [0.1, 0.15) is 31.2 Å². The van der Waals surface area contributed by atoms with Crippen molar-refractivity contribution in [1.29, 1.82) is 0 Å². The highest BCUT2D eigenvalue weighted by atomic mass is 19.4. The van der Waals surface area contributed by atoms with Crippen molar-refractivity contribution >= 4 is 11.6 Å². The zero-order chi connectivity index (χ0) is 14.8. The van der Waals surface area contributed by atoms with Crippen LogP contribution < -0.4 is 16.6 Å². The summed E-state index contributed by atoms with van der Waals surface area (Å²) in [5.74, 6) is 5.11. The van der Waals surface area contributed by atoms with Crippen molar-refractivity contribution < 1.29 is 18.3 Å². The lowest BCUT2D eigenvalue weighted by Crippen LogP contribution is -2.36. The highest BCUT2D eigenvalue weighted by Gasteiger charge is 2.32. The fourth-order valence-electron chi connectivity index (χ4n) is 2.31. The van der Waals surface area contributed by atoms with Crippen LogP contribution in [-0.4, -0.2) is 22.2 Å². The first-order valence-corrected chi connectivity index (χ1v) is 6.40. The number of hydrazine groups is 1. The molecule has 2 unspecified atom stereocenters. The SMILES string of the molecule is NNc1cc(C(F)(F)F)cc(NC2CCCCC2O)n1. The Morgan fingerprint density at radius 2 is 1.85 bits per heavy atom. The van der Waals surface area contributed by atoms with E-state index in [-0.39, 0.29) is 17.7 Å². The number of anilines is 2. The van der Waals surface area contributed by atoms with Crippen LogP contribution in [-0.2, 0) is 6.18 Å². The highest BCUT2D eigenvalue weighted by molar-refractivity contribution is 5.49. The molecule has 1 aromatic rings. The number of nitrogen functional groups attached to an aromatic ring is 1. The van der Waals surface area contributed by atoms with Crippen LogP contribution in [0.2, 0.25) is 0 Å². The molecule has 0 amide bonds. The number of aromatic nitrogens is 1. The van der Waals surface area contributed by atoms with E-state index >= 15 is 0 Å². The van der Waals surface area contributed by atoms with Crippen molar-refractivity contribution in [2.24, 2.45) is 5.84 Å². The van der Waals surface area contributed by atoms with E-state index in [0.717, 1.165) is 25.0 Å². The molecule has 1 aliphatic rings. The second kappa shape index (κ2) is 5.84. The Bertz CT molecular complexity index is 467. The molecule has 1 aliphatic carbocycles. The zero-order valence-electron chi connectivity index (χ0n) is 10.7. The Kier molecular flexibility index (Phi) is 4.34. The van der Waals surface area contributed by atoms with Crippen LogP contribution in [0.15, 0.2) is 12.1 Å². The van der Waals surface area contributed by atoms with Crippen LogP contribution in [0.4, 0.5) is 24.8 Å². The van der Waals surface area contributed by atoms with Gasteiger partial charge in [-0.15, -0.1) is 0 Å². The molecule has 0 aromatic carbocycles. The maximum atomic E-state index is 12.8. The third-order valence-corrected chi connectivity index (χ3v) is 3.36. The minimum Gasteiger partial charge on any atom is -0.391 e. The number of alkyl halides is 3. The number of nitrogens with two attached hydrogens (primary N) is 1. The molecule has 0 bridgehead atoms. The molecule has 5 nitrogen and oxygen atoms in total. The maximum absolute atomic E-state index is 12.8. The number of pyridine rings is 1. The quantitative estimate of drug-likeness (QED) is 0.506. The fraction of sp³-hybridized carbons (Fsp3) is 0.583. The first-order valence-electron chi connectivity index (χ1n) is 6.40. The van der Waals surface area contributed by atoms with Gasteiger partial charge in [0.25, 0.3) is 0 Å². The van der Waals surface area contributed by atoms with Crippen molar-refractivity contribution in [3.63, 3.8) is 0 Å². The molecule has 112 valence electrons. The predicted octanol–water partition coefficient (Wildman–Crippen LogP) is 2.10. The van der Waals surface area contributed by atoms with Crippen molar-refractivity contribution in [1.82, 2.24) is 4.98 Å². The zero-order valence-corrected chi connectivity index (χ0v) is 10.7.